The lowest BCUT2D eigenvalue weighted by Crippen LogP contribution is -2.49. The van der Waals surface area contributed by atoms with Crippen LogP contribution in [0.15, 0.2) is 29.2 Å². The van der Waals surface area contributed by atoms with Crippen molar-refractivity contribution in [2.24, 2.45) is 7.05 Å². The minimum atomic E-state index is -3.59. The molecule has 9 heteroatoms. The van der Waals surface area contributed by atoms with Gasteiger partial charge in [0.05, 0.1) is 0 Å². The predicted molar refractivity (Wildman–Crippen MR) is 127 cm³/mol. The molecule has 0 bridgehead atoms. The maximum Gasteiger partial charge on any atom is 0.270 e. The zero-order valence-corrected chi connectivity index (χ0v) is 20.5. The van der Waals surface area contributed by atoms with Gasteiger partial charge in [0.2, 0.25) is 10.0 Å². The van der Waals surface area contributed by atoms with E-state index in [1.54, 1.807) is 28.9 Å². The molecular weight excluding hydrogens is 448 g/mol. The number of carbonyl (C=O) groups excluding carboxylic acids is 1. The third kappa shape index (κ3) is 4.28. The van der Waals surface area contributed by atoms with Crippen molar-refractivity contribution >= 4 is 33.2 Å². The molecule has 174 valence electrons. The maximum atomic E-state index is 13.3. The summed E-state index contributed by atoms with van der Waals surface area (Å²) in [5, 5.41) is 0.700. The van der Waals surface area contributed by atoms with Gasteiger partial charge in [0, 0.05) is 62.7 Å². The first-order valence-corrected chi connectivity index (χ1v) is 13.0. The van der Waals surface area contributed by atoms with Gasteiger partial charge in [-0.15, -0.1) is 0 Å². The van der Waals surface area contributed by atoms with Crippen molar-refractivity contribution in [2.45, 2.75) is 38.0 Å². The number of hydrogen-bond donors (Lipinski definition) is 0. The van der Waals surface area contributed by atoms with E-state index in [9.17, 15) is 13.2 Å². The van der Waals surface area contributed by atoms with Crippen LogP contribution in [-0.2, 0) is 17.1 Å². The standard InChI is InChI=1S/C23H31ClN4O3S/c1-17-7-8-19(24)15-20(17)26-11-13-27(14-12-26)23(29)21-16-22(18(2)25(21)3)32(30,31)28-9-5-4-6-10-28/h7-8,15-16H,4-6,9-14H2,1-3H3. The van der Waals surface area contributed by atoms with Crippen LogP contribution in [0.5, 0.6) is 0 Å². The molecule has 0 saturated carbocycles. The average molecular weight is 479 g/mol. The molecule has 0 radical (unpaired) electrons. The molecule has 1 aromatic heterocycles. The minimum absolute atomic E-state index is 0.127. The predicted octanol–water partition coefficient (Wildman–Crippen LogP) is 3.43. The first kappa shape index (κ1) is 23.1. The number of aromatic nitrogens is 1. The van der Waals surface area contributed by atoms with Gasteiger partial charge in [-0.3, -0.25) is 4.79 Å². The maximum absolute atomic E-state index is 13.3. The highest BCUT2D eigenvalue weighted by Crippen LogP contribution is 2.28. The molecule has 0 atom stereocenters. The zero-order chi connectivity index (χ0) is 23.0. The van der Waals surface area contributed by atoms with Gasteiger partial charge in [-0.25, -0.2) is 8.42 Å². The highest BCUT2D eigenvalue weighted by atomic mass is 35.5. The molecular formula is C23H31ClN4O3S. The number of sulfonamides is 1. The number of piperazine rings is 1. The van der Waals surface area contributed by atoms with Crippen molar-refractivity contribution in [3.8, 4) is 0 Å². The second-order valence-electron chi connectivity index (χ2n) is 8.71. The lowest BCUT2D eigenvalue weighted by Gasteiger charge is -2.37. The van der Waals surface area contributed by atoms with E-state index in [-0.39, 0.29) is 10.8 Å². The Hall–Kier alpha value is -2.03. The first-order chi connectivity index (χ1) is 15.2. The monoisotopic (exact) mass is 478 g/mol. The third-order valence-corrected chi connectivity index (χ3v) is 8.97. The van der Waals surface area contributed by atoms with E-state index in [1.165, 1.54) is 0 Å². The number of aryl methyl sites for hydroxylation is 1. The number of rotatable bonds is 4. The van der Waals surface area contributed by atoms with E-state index in [4.69, 9.17) is 11.6 Å². The highest BCUT2D eigenvalue weighted by molar-refractivity contribution is 7.89. The van der Waals surface area contributed by atoms with Crippen molar-refractivity contribution in [3.05, 3.63) is 46.2 Å². The van der Waals surface area contributed by atoms with E-state index in [0.717, 1.165) is 30.5 Å². The van der Waals surface area contributed by atoms with Gasteiger partial charge in [0.25, 0.3) is 5.91 Å². The Morgan fingerprint density at radius 1 is 0.938 bits per heavy atom. The SMILES string of the molecule is Cc1ccc(Cl)cc1N1CCN(C(=O)c2cc(S(=O)(=O)N3CCCCC3)c(C)n2C)CC1. The van der Waals surface area contributed by atoms with Crippen LogP contribution in [-0.4, -0.2) is 67.4 Å². The average Bonchev–Trinajstić information content (AvgIpc) is 3.11. The van der Waals surface area contributed by atoms with Gasteiger partial charge in [-0.1, -0.05) is 24.1 Å². The van der Waals surface area contributed by atoms with Crippen LogP contribution in [0.25, 0.3) is 0 Å². The topological polar surface area (TPSA) is 65.9 Å². The van der Waals surface area contributed by atoms with Crippen LogP contribution in [0.4, 0.5) is 5.69 Å². The summed E-state index contributed by atoms with van der Waals surface area (Å²) in [4.78, 5) is 17.6. The van der Waals surface area contributed by atoms with Crippen LogP contribution in [0.3, 0.4) is 0 Å². The number of halogens is 1. The summed E-state index contributed by atoms with van der Waals surface area (Å²) in [6.07, 6.45) is 2.82. The van der Waals surface area contributed by atoms with Gasteiger partial charge < -0.3 is 14.4 Å². The zero-order valence-electron chi connectivity index (χ0n) is 19.0. The summed E-state index contributed by atoms with van der Waals surface area (Å²) in [6, 6.07) is 7.42. The van der Waals surface area contributed by atoms with E-state index >= 15 is 0 Å². The molecule has 0 N–H and O–H groups in total. The Morgan fingerprint density at radius 3 is 2.25 bits per heavy atom. The van der Waals surface area contributed by atoms with Crippen LogP contribution < -0.4 is 4.90 Å². The van der Waals surface area contributed by atoms with Gasteiger partial charge >= 0.3 is 0 Å². The lowest BCUT2D eigenvalue weighted by atomic mass is 10.1. The molecule has 2 saturated heterocycles. The number of piperidine rings is 1. The van der Waals surface area contributed by atoms with Crippen molar-refractivity contribution in [2.75, 3.05) is 44.2 Å². The van der Waals surface area contributed by atoms with Crippen LogP contribution in [0, 0.1) is 13.8 Å². The van der Waals surface area contributed by atoms with Crippen molar-refractivity contribution in [1.82, 2.24) is 13.8 Å². The molecule has 4 rings (SSSR count). The largest absolute Gasteiger partial charge is 0.368 e. The van der Waals surface area contributed by atoms with Gasteiger partial charge in [-0.05, 0) is 50.5 Å². The fourth-order valence-corrected chi connectivity index (χ4v) is 6.57. The van der Waals surface area contributed by atoms with Crippen LogP contribution in [0.2, 0.25) is 5.02 Å². The summed E-state index contributed by atoms with van der Waals surface area (Å²) >= 11 is 6.18. The Morgan fingerprint density at radius 2 is 1.59 bits per heavy atom. The number of benzene rings is 1. The highest BCUT2D eigenvalue weighted by Gasteiger charge is 2.32. The number of hydrogen-bond acceptors (Lipinski definition) is 4. The number of amides is 1. The molecule has 2 aliphatic heterocycles. The Labute approximate surface area is 195 Å². The Balaban J connectivity index is 1.51. The molecule has 0 spiro atoms. The molecule has 3 heterocycles. The quantitative estimate of drug-likeness (QED) is 0.675. The number of anilines is 1. The fourth-order valence-electron chi connectivity index (χ4n) is 4.62. The molecule has 0 aliphatic carbocycles. The smallest absolute Gasteiger partial charge is 0.270 e. The third-order valence-electron chi connectivity index (χ3n) is 6.72. The molecule has 1 aromatic carbocycles. The molecule has 2 fully saturated rings. The normalized spacial score (nSPS) is 18.2. The van der Waals surface area contributed by atoms with E-state index in [0.29, 0.717) is 55.7 Å². The fraction of sp³-hybridized carbons (Fsp3) is 0.522. The second kappa shape index (κ2) is 9.08. The van der Waals surface area contributed by atoms with Crippen molar-refractivity contribution in [3.63, 3.8) is 0 Å². The van der Waals surface area contributed by atoms with Gasteiger partial charge in [-0.2, -0.15) is 4.31 Å². The summed E-state index contributed by atoms with van der Waals surface area (Å²) in [6.45, 7) is 7.47. The summed E-state index contributed by atoms with van der Waals surface area (Å²) in [5.41, 5.74) is 3.27. The first-order valence-electron chi connectivity index (χ1n) is 11.2. The van der Waals surface area contributed by atoms with Crippen LogP contribution in [0.1, 0.15) is 41.0 Å². The molecule has 0 unspecified atom stereocenters. The van der Waals surface area contributed by atoms with E-state index < -0.39 is 10.0 Å². The number of carbonyl (C=O) groups is 1. The van der Waals surface area contributed by atoms with Gasteiger partial charge in [0.1, 0.15) is 10.6 Å². The summed E-state index contributed by atoms with van der Waals surface area (Å²) in [7, 11) is -1.82. The lowest BCUT2D eigenvalue weighted by molar-refractivity contribution is 0.0737. The Kier molecular flexibility index (Phi) is 6.56. The number of nitrogens with zero attached hydrogens (tertiary/aromatic N) is 4. The summed E-state index contributed by atoms with van der Waals surface area (Å²) in [5.74, 6) is -0.127. The minimum Gasteiger partial charge on any atom is -0.368 e. The van der Waals surface area contributed by atoms with Crippen molar-refractivity contribution < 1.29 is 13.2 Å². The molecule has 2 aliphatic rings. The van der Waals surface area contributed by atoms with Crippen LogP contribution >= 0.6 is 11.6 Å². The van der Waals surface area contributed by atoms with Gasteiger partial charge in [0.15, 0.2) is 0 Å². The Bertz CT molecular complexity index is 1110. The molecule has 32 heavy (non-hydrogen) atoms. The van der Waals surface area contributed by atoms with E-state index in [2.05, 4.69) is 11.8 Å². The second-order valence-corrected chi connectivity index (χ2v) is 11.1. The van der Waals surface area contributed by atoms with Crippen molar-refractivity contribution in [1.29, 1.82) is 0 Å². The summed E-state index contributed by atoms with van der Waals surface area (Å²) < 4.78 is 29.7. The molecule has 1 amide bonds. The molecule has 2 aromatic rings. The molecule has 7 nitrogen and oxygen atoms in total. The van der Waals surface area contributed by atoms with E-state index in [1.807, 2.05) is 23.1 Å².